The Bertz CT molecular complexity index is 1250. The third kappa shape index (κ3) is 2.98. The van der Waals surface area contributed by atoms with Gasteiger partial charge < -0.3 is 18.3 Å². The minimum absolute atomic E-state index is 0.0974. The van der Waals surface area contributed by atoms with Crippen molar-refractivity contribution >= 4 is 39.1 Å². The molecule has 0 aliphatic rings. The van der Waals surface area contributed by atoms with Crippen molar-refractivity contribution in [2.45, 2.75) is 0 Å². The molecule has 0 aliphatic heterocycles. The van der Waals surface area contributed by atoms with E-state index < -0.39 is 15.6 Å². The number of ketones is 1. The number of carbonyl (C=O) groups excluding carboxylic acids is 1. The molecule has 2 heterocycles. The molecule has 11 heteroatoms. The third-order valence-electron chi connectivity index (χ3n) is 4.44. The maximum absolute atomic E-state index is 12.9. The van der Waals surface area contributed by atoms with E-state index in [0.29, 0.717) is 10.8 Å². The van der Waals surface area contributed by atoms with Gasteiger partial charge in [-0.05, 0) is 12.1 Å². The lowest BCUT2D eigenvalue weighted by Crippen LogP contribution is -1.96. The average molecular weight is 412 g/mol. The summed E-state index contributed by atoms with van der Waals surface area (Å²) in [5, 5.41) is 22.8. The highest BCUT2D eigenvalue weighted by Gasteiger charge is 2.24. The smallest absolute Gasteiger partial charge is 0.274 e. The predicted molar refractivity (Wildman–Crippen MR) is 102 cm³/mol. The number of benzene rings is 2. The number of ether oxygens (including phenoxy) is 2. The molecule has 4 aromatic rings. The Balaban J connectivity index is 1.82. The van der Waals surface area contributed by atoms with Gasteiger partial charge in [0.25, 0.3) is 17.2 Å². The quantitative estimate of drug-likeness (QED) is 0.257. The molecular formula is C19H12N2O9. The molecular weight excluding hydrogens is 400 g/mol. The maximum atomic E-state index is 12.9. The molecule has 0 saturated heterocycles. The largest absolute Gasteiger partial charge is 0.493 e. The van der Waals surface area contributed by atoms with E-state index in [1.807, 2.05) is 0 Å². The summed E-state index contributed by atoms with van der Waals surface area (Å²) in [7, 11) is 2.64. The number of nitrogens with zero attached hydrogens (tertiary/aromatic N) is 2. The van der Waals surface area contributed by atoms with Crippen LogP contribution < -0.4 is 9.47 Å². The Morgan fingerprint density at radius 2 is 1.17 bits per heavy atom. The fourth-order valence-electron chi connectivity index (χ4n) is 3.07. The van der Waals surface area contributed by atoms with Crippen LogP contribution in [0.2, 0.25) is 0 Å². The van der Waals surface area contributed by atoms with E-state index >= 15 is 0 Å². The summed E-state index contributed by atoms with van der Waals surface area (Å²) in [6.07, 6.45) is 0. The summed E-state index contributed by atoms with van der Waals surface area (Å²) < 4.78 is 21.4. The number of furan rings is 2. The molecule has 0 spiro atoms. The number of nitro benzene ring substituents is 2. The number of nitro groups is 2. The van der Waals surface area contributed by atoms with E-state index in [9.17, 15) is 25.0 Å². The van der Waals surface area contributed by atoms with Crippen molar-refractivity contribution in [2.75, 3.05) is 14.2 Å². The van der Waals surface area contributed by atoms with Crippen molar-refractivity contribution in [3.8, 4) is 11.5 Å². The van der Waals surface area contributed by atoms with Crippen molar-refractivity contribution < 1.29 is 32.9 Å². The third-order valence-corrected chi connectivity index (χ3v) is 4.44. The van der Waals surface area contributed by atoms with Crippen molar-refractivity contribution in [1.82, 2.24) is 0 Å². The van der Waals surface area contributed by atoms with Crippen molar-refractivity contribution in [1.29, 1.82) is 0 Å². The van der Waals surface area contributed by atoms with Crippen LogP contribution in [-0.2, 0) is 0 Å². The van der Waals surface area contributed by atoms with E-state index in [4.69, 9.17) is 18.3 Å². The number of rotatable bonds is 6. The highest BCUT2D eigenvalue weighted by Crippen LogP contribution is 2.36. The van der Waals surface area contributed by atoms with Gasteiger partial charge in [0.15, 0.2) is 34.2 Å². The van der Waals surface area contributed by atoms with Crippen LogP contribution in [0, 0.1) is 20.2 Å². The van der Waals surface area contributed by atoms with Gasteiger partial charge in [-0.1, -0.05) is 0 Å². The molecule has 0 saturated carbocycles. The van der Waals surface area contributed by atoms with E-state index in [1.165, 1.54) is 50.6 Å². The standard InChI is InChI=1S/C19H12N2O9/c1-27-15-7-11(20(23)24)3-9-5-13(29-18(9)15)17(22)14-6-10-4-12(21(25)26)8-16(28-2)19(10)30-14/h3-8H,1-2H3. The van der Waals surface area contributed by atoms with E-state index in [-0.39, 0.29) is 45.6 Å². The Hall–Kier alpha value is -4.41. The Morgan fingerprint density at radius 1 is 0.767 bits per heavy atom. The van der Waals surface area contributed by atoms with Gasteiger partial charge in [-0.25, -0.2) is 0 Å². The normalized spacial score (nSPS) is 11.0. The number of non-ortho nitro benzene ring substituents is 2. The van der Waals surface area contributed by atoms with E-state index in [2.05, 4.69) is 0 Å². The summed E-state index contributed by atoms with van der Waals surface area (Å²) in [5.74, 6) is -0.746. The van der Waals surface area contributed by atoms with E-state index in [1.54, 1.807) is 0 Å². The fraction of sp³-hybridized carbons (Fsp3) is 0.105. The first-order valence-electron chi connectivity index (χ1n) is 8.39. The number of fused-ring (bicyclic) bond motifs is 2. The zero-order valence-electron chi connectivity index (χ0n) is 15.5. The minimum Gasteiger partial charge on any atom is -0.493 e. The highest BCUT2D eigenvalue weighted by molar-refractivity contribution is 6.10. The summed E-state index contributed by atoms with van der Waals surface area (Å²) in [6.45, 7) is 0. The van der Waals surface area contributed by atoms with Crippen LogP contribution in [0.5, 0.6) is 11.5 Å². The van der Waals surface area contributed by atoms with Crippen molar-refractivity contribution in [3.63, 3.8) is 0 Å². The maximum Gasteiger partial charge on any atom is 0.274 e. The Morgan fingerprint density at radius 3 is 1.50 bits per heavy atom. The Labute approximate surface area is 166 Å². The molecule has 0 amide bonds. The average Bonchev–Trinajstić information content (AvgIpc) is 3.35. The molecule has 4 rings (SSSR count). The van der Waals surface area contributed by atoms with Crippen molar-refractivity contribution in [2.24, 2.45) is 0 Å². The molecule has 2 aromatic heterocycles. The molecule has 0 N–H and O–H groups in total. The minimum atomic E-state index is -0.656. The second kappa shape index (κ2) is 6.88. The van der Waals surface area contributed by atoms with Crippen LogP contribution >= 0.6 is 0 Å². The Kier molecular flexibility index (Phi) is 4.34. The van der Waals surface area contributed by atoms with Gasteiger partial charge in [0.1, 0.15) is 0 Å². The first kappa shape index (κ1) is 18.9. The molecule has 152 valence electrons. The van der Waals surface area contributed by atoms with Crippen LogP contribution in [0.3, 0.4) is 0 Å². The van der Waals surface area contributed by atoms with Gasteiger partial charge >= 0.3 is 0 Å². The monoisotopic (exact) mass is 412 g/mol. The molecule has 11 nitrogen and oxygen atoms in total. The summed E-state index contributed by atoms with van der Waals surface area (Å²) in [4.78, 5) is 33.9. The van der Waals surface area contributed by atoms with Gasteiger partial charge in [0.2, 0.25) is 0 Å². The van der Waals surface area contributed by atoms with E-state index in [0.717, 1.165) is 0 Å². The van der Waals surface area contributed by atoms with Crippen LogP contribution in [-0.4, -0.2) is 29.8 Å². The molecule has 0 unspecified atom stereocenters. The van der Waals surface area contributed by atoms with Crippen LogP contribution in [0.15, 0.2) is 45.2 Å². The molecule has 30 heavy (non-hydrogen) atoms. The first-order valence-corrected chi connectivity index (χ1v) is 8.39. The zero-order chi connectivity index (χ0) is 21.6. The van der Waals surface area contributed by atoms with Gasteiger partial charge in [-0.15, -0.1) is 0 Å². The lowest BCUT2D eigenvalue weighted by Gasteiger charge is -2.00. The lowest BCUT2D eigenvalue weighted by atomic mass is 10.1. The summed E-state index contributed by atoms with van der Waals surface area (Å²) >= 11 is 0. The summed E-state index contributed by atoms with van der Waals surface area (Å²) in [5.41, 5.74) is -0.119. The molecule has 0 fully saturated rings. The molecule has 0 aliphatic carbocycles. The number of methoxy groups -OCH3 is 2. The lowest BCUT2D eigenvalue weighted by molar-refractivity contribution is -0.385. The van der Waals surface area contributed by atoms with Crippen molar-refractivity contribution in [3.05, 3.63) is 68.1 Å². The first-order chi connectivity index (χ1) is 14.3. The molecule has 0 atom stereocenters. The SMILES string of the molecule is COc1cc([N+](=O)[O-])cc2cc(C(=O)c3cc4cc([N+](=O)[O-])cc(OC)c4o3)oc12. The number of hydrogen-bond acceptors (Lipinski definition) is 9. The highest BCUT2D eigenvalue weighted by atomic mass is 16.6. The number of carbonyl (C=O) groups is 1. The predicted octanol–water partition coefficient (Wildman–Crippen LogP) is 4.24. The molecule has 0 bridgehead atoms. The topological polar surface area (TPSA) is 148 Å². The number of hydrogen-bond donors (Lipinski definition) is 0. The zero-order valence-corrected chi connectivity index (χ0v) is 15.5. The molecule has 2 aromatic carbocycles. The van der Waals surface area contributed by atoms with Gasteiger partial charge in [-0.2, -0.15) is 0 Å². The van der Waals surface area contributed by atoms with Crippen LogP contribution in [0.4, 0.5) is 11.4 Å². The molecule has 0 radical (unpaired) electrons. The second-order valence-electron chi connectivity index (χ2n) is 6.20. The van der Waals surface area contributed by atoms with Gasteiger partial charge in [0, 0.05) is 22.9 Å². The fourth-order valence-corrected chi connectivity index (χ4v) is 3.07. The van der Waals surface area contributed by atoms with Gasteiger partial charge in [0.05, 0.1) is 36.2 Å². The van der Waals surface area contributed by atoms with Gasteiger partial charge in [-0.3, -0.25) is 25.0 Å². The van der Waals surface area contributed by atoms with Crippen LogP contribution in [0.25, 0.3) is 21.9 Å². The second-order valence-corrected chi connectivity index (χ2v) is 6.20. The summed E-state index contributed by atoms with van der Waals surface area (Å²) in [6, 6.07) is 7.54. The van der Waals surface area contributed by atoms with Crippen LogP contribution in [0.1, 0.15) is 16.3 Å².